The normalized spacial score (nSPS) is 11.4. The molecule has 0 fully saturated rings. The molecule has 0 saturated carbocycles. The highest BCUT2D eigenvalue weighted by molar-refractivity contribution is 7.80. The molecule has 24 heavy (non-hydrogen) atoms. The molecule has 0 radical (unpaired) electrons. The molecule has 2 N–H and O–H groups in total. The maximum atomic E-state index is 9.53. The van der Waals surface area contributed by atoms with Crippen LogP contribution >= 0.6 is 23.8 Å². The molecule has 2 aromatic rings. The second-order valence-electron chi connectivity index (χ2n) is 5.08. The van der Waals surface area contributed by atoms with E-state index in [-0.39, 0.29) is 0 Å². The van der Waals surface area contributed by atoms with Gasteiger partial charge in [-0.2, -0.15) is 5.26 Å². The maximum Gasteiger partial charge on any atom is 0.170 e. The van der Waals surface area contributed by atoms with Crippen molar-refractivity contribution in [3.8, 4) is 6.07 Å². The van der Waals surface area contributed by atoms with Gasteiger partial charge in [0.05, 0.1) is 18.6 Å². The molecule has 0 aliphatic heterocycles. The average molecular weight is 360 g/mol. The van der Waals surface area contributed by atoms with Crippen LogP contribution in [0.1, 0.15) is 17.0 Å². The summed E-state index contributed by atoms with van der Waals surface area (Å²) in [5, 5.41) is 16.6. The Balaban J connectivity index is 2.12. The van der Waals surface area contributed by atoms with Crippen LogP contribution in [-0.4, -0.2) is 25.4 Å². The van der Waals surface area contributed by atoms with Crippen LogP contribution in [0, 0.1) is 11.3 Å². The first-order valence-corrected chi connectivity index (χ1v) is 8.22. The standard InChI is InChI=1S/C18H18ClN3OS/c1-23-10-9-21-18(24)22-14-7-8-15(17(19)11-14)16(12-20)13-5-3-2-4-6-13/h2-8,11,16H,9-10H2,1H3,(H2,21,22,24)/t16-/m0/s1. The van der Waals surface area contributed by atoms with Crippen LogP contribution in [0.4, 0.5) is 5.69 Å². The first kappa shape index (κ1) is 18.2. The summed E-state index contributed by atoms with van der Waals surface area (Å²) in [5.41, 5.74) is 2.46. The minimum atomic E-state index is -0.403. The number of rotatable bonds is 6. The van der Waals surface area contributed by atoms with Gasteiger partial charge in [0.25, 0.3) is 0 Å². The number of thiocarbonyl (C=S) groups is 1. The van der Waals surface area contributed by atoms with Crippen LogP contribution in [0.2, 0.25) is 5.02 Å². The summed E-state index contributed by atoms with van der Waals surface area (Å²) in [6.45, 7) is 1.20. The van der Waals surface area contributed by atoms with Crippen LogP contribution < -0.4 is 10.6 Å². The largest absolute Gasteiger partial charge is 0.383 e. The lowest BCUT2D eigenvalue weighted by Gasteiger charge is -2.14. The van der Waals surface area contributed by atoms with Gasteiger partial charge in [-0.25, -0.2) is 0 Å². The Hall–Kier alpha value is -2.13. The van der Waals surface area contributed by atoms with Crippen molar-refractivity contribution >= 4 is 34.6 Å². The lowest BCUT2D eigenvalue weighted by Crippen LogP contribution is -2.31. The van der Waals surface area contributed by atoms with Gasteiger partial charge >= 0.3 is 0 Å². The molecule has 0 aliphatic carbocycles. The molecule has 0 heterocycles. The topological polar surface area (TPSA) is 57.1 Å². The lowest BCUT2D eigenvalue weighted by molar-refractivity contribution is 0.204. The molecule has 0 saturated heterocycles. The molecule has 0 unspecified atom stereocenters. The lowest BCUT2D eigenvalue weighted by atomic mass is 9.92. The van der Waals surface area contributed by atoms with Crippen molar-refractivity contribution in [3.05, 3.63) is 64.7 Å². The molecule has 124 valence electrons. The number of hydrogen-bond acceptors (Lipinski definition) is 3. The van der Waals surface area contributed by atoms with Gasteiger partial charge in [0.2, 0.25) is 0 Å². The third-order valence-corrected chi connectivity index (χ3v) is 4.00. The third kappa shape index (κ3) is 4.93. The predicted octanol–water partition coefficient (Wildman–Crippen LogP) is 3.93. The summed E-state index contributed by atoms with van der Waals surface area (Å²) in [6, 6.07) is 17.4. The molecule has 2 aromatic carbocycles. The number of anilines is 1. The van der Waals surface area contributed by atoms with E-state index in [1.807, 2.05) is 42.5 Å². The van der Waals surface area contributed by atoms with Gasteiger partial charge in [0.1, 0.15) is 0 Å². The van der Waals surface area contributed by atoms with Crippen molar-refractivity contribution in [1.29, 1.82) is 5.26 Å². The van der Waals surface area contributed by atoms with E-state index in [1.165, 1.54) is 0 Å². The highest BCUT2D eigenvalue weighted by Gasteiger charge is 2.16. The van der Waals surface area contributed by atoms with Gasteiger partial charge in [0, 0.05) is 24.4 Å². The molecule has 0 aromatic heterocycles. The van der Waals surface area contributed by atoms with E-state index < -0.39 is 5.92 Å². The van der Waals surface area contributed by atoms with Crippen molar-refractivity contribution < 1.29 is 4.74 Å². The van der Waals surface area contributed by atoms with Crippen LogP contribution in [0.25, 0.3) is 0 Å². The highest BCUT2D eigenvalue weighted by atomic mass is 35.5. The second kappa shape index (κ2) is 9.24. The van der Waals surface area contributed by atoms with E-state index in [4.69, 9.17) is 28.6 Å². The zero-order valence-electron chi connectivity index (χ0n) is 13.3. The minimum Gasteiger partial charge on any atom is -0.383 e. The summed E-state index contributed by atoms with van der Waals surface area (Å²) < 4.78 is 4.96. The minimum absolute atomic E-state index is 0.403. The molecule has 0 bridgehead atoms. The first-order chi connectivity index (χ1) is 11.7. The Kier molecular flexibility index (Phi) is 7.01. The van der Waals surface area contributed by atoms with Crippen molar-refractivity contribution in [1.82, 2.24) is 5.32 Å². The highest BCUT2D eigenvalue weighted by Crippen LogP contribution is 2.31. The van der Waals surface area contributed by atoms with E-state index in [9.17, 15) is 5.26 Å². The number of halogens is 1. The van der Waals surface area contributed by atoms with Crippen LogP contribution in [0.15, 0.2) is 48.5 Å². The molecular formula is C18H18ClN3OS. The molecule has 0 aliphatic rings. The molecular weight excluding hydrogens is 342 g/mol. The number of ether oxygens (including phenoxy) is 1. The van der Waals surface area contributed by atoms with Crippen molar-refractivity contribution in [2.75, 3.05) is 25.6 Å². The number of nitrogens with zero attached hydrogens (tertiary/aromatic N) is 1. The molecule has 6 heteroatoms. The van der Waals surface area contributed by atoms with E-state index in [0.717, 1.165) is 16.8 Å². The smallest absolute Gasteiger partial charge is 0.170 e. The summed E-state index contributed by atoms with van der Waals surface area (Å²) in [7, 11) is 1.63. The third-order valence-electron chi connectivity index (χ3n) is 3.42. The SMILES string of the molecule is COCCNC(=S)Nc1ccc([C@@H](C#N)c2ccccc2)c(Cl)c1. The predicted molar refractivity (Wildman–Crippen MR) is 101 cm³/mol. The van der Waals surface area contributed by atoms with Gasteiger partial charge in [-0.1, -0.05) is 48.0 Å². The van der Waals surface area contributed by atoms with E-state index in [2.05, 4.69) is 16.7 Å². The fourth-order valence-electron chi connectivity index (χ4n) is 2.25. The van der Waals surface area contributed by atoms with Crippen molar-refractivity contribution in [3.63, 3.8) is 0 Å². The number of benzene rings is 2. The van der Waals surface area contributed by atoms with Gasteiger partial charge < -0.3 is 15.4 Å². The van der Waals surface area contributed by atoms with Gasteiger partial charge in [0.15, 0.2) is 5.11 Å². The monoisotopic (exact) mass is 359 g/mol. The summed E-state index contributed by atoms with van der Waals surface area (Å²) in [6.07, 6.45) is 0. The number of hydrogen-bond donors (Lipinski definition) is 2. The summed E-state index contributed by atoms with van der Waals surface area (Å²) >= 11 is 11.6. The summed E-state index contributed by atoms with van der Waals surface area (Å²) in [5.74, 6) is -0.403. The molecule has 2 rings (SSSR count). The molecule has 4 nitrogen and oxygen atoms in total. The number of nitriles is 1. The van der Waals surface area contributed by atoms with Crippen LogP contribution in [0.5, 0.6) is 0 Å². The van der Waals surface area contributed by atoms with Gasteiger partial charge in [-0.3, -0.25) is 0 Å². The van der Waals surface area contributed by atoms with E-state index >= 15 is 0 Å². The van der Waals surface area contributed by atoms with E-state index in [1.54, 1.807) is 13.2 Å². The quantitative estimate of drug-likeness (QED) is 0.604. The Morgan fingerprint density at radius 1 is 1.29 bits per heavy atom. The van der Waals surface area contributed by atoms with Crippen molar-refractivity contribution in [2.24, 2.45) is 0 Å². The molecule has 0 spiro atoms. The zero-order valence-corrected chi connectivity index (χ0v) is 14.8. The van der Waals surface area contributed by atoms with Gasteiger partial charge in [-0.15, -0.1) is 0 Å². The van der Waals surface area contributed by atoms with Crippen molar-refractivity contribution in [2.45, 2.75) is 5.92 Å². The Morgan fingerprint density at radius 3 is 2.67 bits per heavy atom. The average Bonchev–Trinajstić information content (AvgIpc) is 2.58. The maximum absolute atomic E-state index is 9.53. The zero-order chi connectivity index (χ0) is 17.4. The fraction of sp³-hybridized carbons (Fsp3) is 0.222. The summed E-state index contributed by atoms with van der Waals surface area (Å²) in [4.78, 5) is 0. The fourth-order valence-corrected chi connectivity index (χ4v) is 2.76. The number of methoxy groups -OCH3 is 1. The van der Waals surface area contributed by atoms with E-state index in [0.29, 0.717) is 23.3 Å². The first-order valence-electron chi connectivity index (χ1n) is 7.43. The van der Waals surface area contributed by atoms with Crippen LogP contribution in [0.3, 0.4) is 0 Å². The molecule has 0 amide bonds. The molecule has 1 atom stereocenters. The number of nitrogens with one attached hydrogen (secondary N) is 2. The Labute approximate surface area is 152 Å². The van der Waals surface area contributed by atoms with Gasteiger partial charge in [-0.05, 0) is 35.5 Å². The Bertz CT molecular complexity index is 731. The second-order valence-corrected chi connectivity index (χ2v) is 5.90. The Morgan fingerprint density at radius 2 is 2.04 bits per heavy atom. The van der Waals surface area contributed by atoms with Crippen LogP contribution in [-0.2, 0) is 4.74 Å².